The highest BCUT2D eigenvalue weighted by Crippen LogP contribution is 2.16. The zero-order valence-corrected chi connectivity index (χ0v) is 12.7. The molecule has 2 unspecified atom stereocenters. The van der Waals surface area contributed by atoms with E-state index in [1.54, 1.807) is 11.9 Å². The molecule has 21 heavy (non-hydrogen) atoms. The summed E-state index contributed by atoms with van der Waals surface area (Å²) < 4.78 is 0. The first-order chi connectivity index (χ1) is 9.93. The number of carboxylic acids is 1. The van der Waals surface area contributed by atoms with Crippen molar-refractivity contribution in [1.82, 2.24) is 15.5 Å². The molecule has 1 rings (SSSR count). The van der Waals surface area contributed by atoms with Gasteiger partial charge in [0.25, 0.3) is 0 Å². The summed E-state index contributed by atoms with van der Waals surface area (Å²) in [6, 6.07) is -0.247. The maximum absolute atomic E-state index is 12.1. The molecule has 7 heteroatoms. The number of carbonyl (C=O) groups is 3. The van der Waals surface area contributed by atoms with Crippen molar-refractivity contribution >= 4 is 17.9 Å². The van der Waals surface area contributed by atoms with Gasteiger partial charge in [-0.15, -0.1) is 0 Å². The van der Waals surface area contributed by atoms with Crippen molar-refractivity contribution in [2.75, 3.05) is 20.1 Å². The third-order valence-electron chi connectivity index (χ3n) is 3.72. The number of carbonyl (C=O) groups excluding carboxylic acids is 2. The van der Waals surface area contributed by atoms with Crippen LogP contribution in [0.1, 0.15) is 39.0 Å². The molecule has 0 aromatic heterocycles. The second-order valence-electron chi connectivity index (χ2n) is 5.54. The second-order valence-corrected chi connectivity index (χ2v) is 5.54. The van der Waals surface area contributed by atoms with E-state index in [0.29, 0.717) is 25.9 Å². The van der Waals surface area contributed by atoms with E-state index in [4.69, 9.17) is 5.11 Å². The van der Waals surface area contributed by atoms with E-state index in [2.05, 4.69) is 10.6 Å². The molecule has 0 spiro atoms. The fraction of sp³-hybridized carbons (Fsp3) is 0.786. The lowest BCUT2D eigenvalue weighted by Gasteiger charge is -2.32. The zero-order valence-electron chi connectivity index (χ0n) is 12.7. The Morgan fingerprint density at radius 2 is 2.10 bits per heavy atom. The minimum atomic E-state index is -0.821. The van der Waals surface area contributed by atoms with Crippen molar-refractivity contribution in [2.24, 2.45) is 5.92 Å². The van der Waals surface area contributed by atoms with Gasteiger partial charge in [-0.2, -0.15) is 0 Å². The minimum Gasteiger partial charge on any atom is -0.481 e. The molecular weight excluding hydrogens is 274 g/mol. The SMILES string of the molecule is CNC(=O)C1CCCN(C(=O)NC(C)CCCC(=O)O)C1. The lowest BCUT2D eigenvalue weighted by atomic mass is 9.97. The third kappa shape index (κ3) is 6.01. The molecule has 1 aliphatic rings. The Morgan fingerprint density at radius 1 is 1.38 bits per heavy atom. The van der Waals surface area contributed by atoms with Crippen LogP contribution < -0.4 is 10.6 Å². The molecule has 1 aliphatic heterocycles. The molecule has 0 saturated carbocycles. The monoisotopic (exact) mass is 299 g/mol. The van der Waals surface area contributed by atoms with Gasteiger partial charge in [-0.3, -0.25) is 9.59 Å². The summed E-state index contributed by atoms with van der Waals surface area (Å²) in [4.78, 5) is 35.9. The molecule has 1 saturated heterocycles. The van der Waals surface area contributed by atoms with E-state index in [9.17, 15) is 14.4 Å². The van der Waals surface area contributed by atoms with Gasteiger partial charge < -0.3 is 20.6 Å². The molecule has 7 nitrogen and oxygen atoms in total. The first kappa shape index (κ1) is 17.3. The van der Waals surface area contributed by atoms with E-state index in [1.807, 2.05) is 6.92 Å². The molecule has 0 aromatic rings. The summed E-state index contributed by atoms with van der Waals surface area (Å²) in [5, 5.41) is 14.1. The zero-order chi connectivity index (χ0) is 15.8. The van der Waals surface area contributed by atoms with Crippen LogP contribution in [-0.2, 0) is 9.59 Å². The largest absolute Gasteiger partial charge is 0.481 e. The first-order valence-corrected chi connectivity index (χ1v) is 7.43. The molecule has 1 fully saturated rings. The van der Waals surface area contributed by atoms with Crippen LogP contribution >= 0.6 is 0 Å². The Morgan fingerprint density at radius 3 is 2.71 bits per heavy atom. The molecule has 3 amide bonds. The molecule has 0 radical (unpaired) electrons. The highest BCUT2D eigenvalue weighted by atomic mass is 16.4. The summed E-state index contributed by atoms with van der Waals surface area (Å²) in [6.07, 6.45) is 2.90. The molecular formula is C14H25N3O4. The highest BCUT2D eigenvalue weighted by Gasteiger charge is 2.28. The van der Waals surface area contributed by atoms with Crippen molar-refractivity contribution < 1.29 is 19.5 Å². The van der Waals surface area contributed by atoms with Crippen molar-refractivity contribution in [2.45, 2.75) is 45.1 Å². The van der Waals surface area contributed by atoms with Gasteiger partial charge in [0.15, 0.2) is 0 Å². The topological polar surface area (TPSA) is 98.7 Å². The van der Waals surface area contributed by atoms with Gasteiger partial charge in [0.1, 0.15) is 0 Å². The molecule has 120 valence electrons. The van der Waals surface area contributed by atoms with E-state index < -0.39 is 5.97 Å². The van der Waals surface area contributed by atoms with E-state index in [-0.39, 0.29) is 30.3 Å². The number of piperidine rings is 1. The summed E-state index contributed by atoms with van der Waals surface area (Å²) in [7, 11) is 1.60. The minimum absolute atomic E-state index is 0.0259. The fourth-order valence-electron chi connectivity index (χ4n) is 2.51. The number of rotatable bonds is 6. The number of nitrogens with one attached hydrogen (secondary N) is 2. The van der Waals surface area contributed by atoms with Gasteiger partial charge in [-0.1, -0.05) is 0 Å². The van der Waals surface area contributed by atoms with Crippen LogP contribution in [0, 0.1) is 5.92 Å². The Bertz CT molecular complexity index is 386. The van der Waals surface area contributed by atoms with Crippen LogP contribution in [0.2, 0.25) is 0 Å². The van der Waals surface area contributed by atoms with Gasteiger partial charge in [0.2, 0.25) is 5.91 Å². The van der Waals surface area contributed by atoms with Crippen LogP contribution in [0.3, 0.4) is 0 Å². The van der Waals surface area contributed by atoms with Gasteiger partial charge in [-0.05, 0) is 32.6 Å². The molecule has 0 aromatic carbocycles. The van der Waals surface area contributed by atoms with E-state index >= 15 is 0 Å². The first-order valence-electron chi connectivity index (χ1n) is 7.43. The lowest BCUT2D eigenvalue weighted by molar-refractivity contribution is -0.137. The lowest BCUT2D eigenvalue weighted by Crippen LogP contribution is -2.50. The van der Waals surface area contributed by atoms with Gasteiger partial charge in [0, 0.05) is 32.6 Å². The van der Waals surface area contributed by atoms with E-state index in [1.165, 1.54) is 0 Å². The predicted octanol–water partition coefficient (Wildman–Crippen LogP) is 0.797. The van der Waals surface area contributed by atoms with Crippen LogP contribution in [0.4, 0.5) is 4.79 Å². The third-order valence-corrected chi connectivity index (χ3v) is 3.72. The maximum Gasteiger partial charge on any atom is 0.317 e. The molecule has 0 aliphatic carbocycles. The molecule has 3 N–H and O–H groups in total. The quantitative estimate of drug-likeness (QED) is 0.675. The average molecular weight is 299 g/mol. The van der Waals surface area contributed by atoms with Crippen molar-refractivity contribution in [3.05, 3.63) is 0 Å². The van der Waals surface area contributed by atoms with Crippen molar-refractivity contribution in [3.8, 4) is 0 Å². The molecule has 0 bridgehead atoms. The Balaban J connectivity index is 2.36. The molecule has 2 atom stereocenters. The van der Waals surface area contributed by atoms with Gasteiger partial charge in [-0.25, -0.2) is 4.79 Å². The van der Waals surface area contributed by atoms with Crippen LogP contribution in [0.15, 0.2) is 0 Å². The predicted molar refractivity (Wildman–Crippen MR) is 77.8 cm³/mol. The number of amides is 3. The van der Waals surface area contributed by atoms with Crippen molar-refractivity contribution in [1.29, 1.82) is 0 Å². The number of urea groups is 1. The average Bonchev–Trinajstić information content (AvgIpc) is 2.46. The smallest absolute Gasteiger partial charge is 0.317 e. The van der Waals surface area contributed by atoms with Gasteiger partial charge in [0.05, 0.1) is 5.92 Å². The Labute approximate surface area is 125 Å². The van der Waals surface area contributed by atoms with Crippen LogP contribution in [0.25, 0.3) is 0 Å². The normalized spacial score (nSPS) is 19.7. The Hall–Kier alpha value is -1.79. The maximum atomic E-state index is 12.1. The fourth-order valence-corrected chi connectivity index (χ4v) is 2.51. The molecule has 1 heterocycles. The van der Waals surface area contributed by atoms with E-state index in [0.717, 1.165) is 12.8 Å². The summed E-state index contributed by atoms with van der Waals surface area (Å²) in [5.74, 6) is -0.989. The summed E-state index contributed by atoms with van der Waals surface area (Å²) >= 11 is 0. The van der Waals surface area contributed by atoms with Crippen LogP contribution in [-0.4, -0.2) is 54.1 Å². The number of carboxylic acid groups (broad SMARTS) is 1. The standard InChI is InChI=1S/C14H25N3O4/c1-10(5-3-7-12(18)19)16-14(21)17-8-4-6-11(9-17)13(20)15-2/h10-11H,3-9H2,1-2H3,(H,15,20)(H,16,21)(H,18,19). The number of aliphatic carboxylic acids is 1. The van der Waals surface area contributed by atoms with Crippen molar-refractivity contribution in [3.63, 3.8) is 0 Å². The van der Waals surface area contributed by atoms with Crippen LogP contribution in [0.5, 0.6) is 0 Å². The number of nitrogens with zero attached hydrogens (tertiary/aromatic N) is 1. The van der Waals surface area contributed by atoms with Gasteiger partial charge >= 0.3 is 12.0 Å². The highest BCUT2D eigenvalue weighted by molar-refractivity contribution is 5.80. The Kier molecular flexibility index (Phi) is 6.98. The second kappa shape index (κ2) is 8.49. The summed E-state index contributed by atoms with van der Waals surface area (Å²) in [5.41, 5.74) is 0. The number of likely N-dealkylation sites (tertiary alicyclic amines) is 1. The summed E-state index contributed by atoms with van der Waals surface area (Å²) in [6.45, 7) is 2.95. The number of hydrogen-bond acceptors (Lipinski definition) is 3. The number of hydrogen-bond donors (Lipinski definition) is 3.